The second kappa shape index (κ2) is 4.83. The van der Waals surface area contributed by atoms with E-state index in [1.165, 1.54) is 5.69 Å². The van der Waals surface area contributed by atoms with Gasteiger partial charge in [-0.2, -0.15) is 0 Å². The number of nitrogens with zero attached hydrogens (tertiary/aromatic N) is 2. The molecule has 22 heavy (non-hydrogen) atoms. The molecule has 0 saturated carbocycles. The summed E-state index contributed by atoms with van der Waals surface area (Å²) in [7, 11) is 2.07. The summed E-state index contributed by atoms with van der Waals surface area (Å²) in [6.07, 6.45) is 5.84. The normalized spacial score (nSPS) is 17.9. The number of aromatic amines is 1. The van der Waals surface area contributed by atoms with Gasteiger partial charge in [0.1, 0.15) is 18.9 Å². The Morgan fingerprint density at radius 1 is 1.36 bits per heavy atom. The number of benzene rings is 1. The van der Waals surface area contributed by atoms with Crippen molar-refractivity contribution in [3.05, 3.63) is 53.7 Å². The first kappa shape index (κ1) is 13.3. The molecule has 4 heteroatoms. The van der Waals surface area contributed by atoms with Gasteiger partial charge in [0, 0.05) is 36.1 Å². The second-order valence-corrected chi connectivity index (χ2v) is 6.20. The average molecular weight is 294 g/mol. The maximum Gasteiger partial charge on any atom is 0.251 e. The van der Waals surface area contributed by atoms with E-state index < -0.39 is 0 Å². The maximum absolute atomic E-state index is 13.0. The minimum Gasteiger partial charge on any atom is -0.347 e. The standard InChI is InChI=1S/C18H19N3O/c1-12-19-9-10-21(12)11-13-7-8-16-17(18(13)22)14-5-3-4-6-15(14)20(16)2/h3-6,9-10,13H,7-8,11H2,1-2H3/p+1/t13-/m0/s1. The van der Waals surface area contributed by atoms with E-state index >= 15 is 0 Å². The minimum atomic E-state index is 0.0674. The molecule has 0 unspecified atom stereocenters. The molecule has 1 aliphatic rings. The molecule has 112 valence electrons. The zero-order chi connectivity index (χ0) is 15.3. The van der Waals surface area contributed by atoms with Gasteiger partial charge in [0.15, 0.2) is 5.78 Å². The summed E-state index contributed by atoms with van der Waals surface area (Å²) in [5.74, 6) is 1.46. The van der Waals surface area contributed by atoms with Gasteiger partial charge < -0.3 is 4.57 Å². The van der Waals surface area contributed by atoms with Crippen LogP contribution in [0.25, 0.3) is 10.9 Å². The summed E-state index contributed by atoms with van der Waals surface area (Å²) in [6, 6.07) is 8.23. The Morgan fingerprint density at radius 3 is 2.95 bits per heavy atom. The van der Waals surface area contributed by atoms with Crippen molar-refractivity contribution in [2.24, 2.45) is 13.0 Å². The topological polar surface area (TPSA) is 41.7 Å². The molecule has 4 rings (SSSR count). The van der Waals surface area contributed by atoms with Crippen LogP contribution in [0.15, 0.2) is 36.7 Å². The summed E-state index contributed by atoms with van der Waals surface area (Å²) in [5, 5.41) is 1.10. The molecule has 0 bridgehead atoms. The van der Waals surface area contributed by atoms with Crippen molar-refractivity contribution in [2.75, 3.05) is 0 Å². The molecular formula is C18H20N3O+. The lowest BCUT2D eigenvalue weighted by Crippen LogP contribution is -2.42. The average Bonchev–Trinajstić information content (AvgIpc) is 3.05. The highest BCUT2D eigenvalue weighted by molar-refractivity contribution is 6.11. The van der Waals surface area contributed by atoms with E-state index in [9.17, 15) is 4.79 Å². The number of carbonyl (C=O) groups excluding carboxylic acids is 1. The number of hydrogen-bond acceptors (Lipinski definition) is 1. The fourth-order valence-corrected chi connectivity index (χ4v) is 3.71. The number of aromatic nitrogens is 3. The van der Waals surface area contributed by atoms with Crippen LogP contribution in [0.2, 0.25) is 0 Å². The van der Waals surface area contributed by atoms with Crippen LogP contribution in [-0.4, -0.2) is 15.3 Å². The number of ketones is 1. The number of hydrogen-bond donors (Lipinski definition) is 1. The molecule has 2 aromatic heterocycles. The van der Waals surface area contributed by atoms with Crippen LogP contribution in [0.1, 0.15) is 28.3 Å². The minimum absolute atomic E-state index is 0.0674. The molecule has 0 spiro atoms. The molecule has 1 N–H and O–H groups in total. The van der Waals surface area contributed by atoms with Gasteiger partial charge in [-0.25, -0.2) is 9.55 Å². The number of para-hydroxylation sites is 1. The van der Waals surface area contributed by atoms with E-state index in [1.54, 1.807) is 0 Å². The van der Waals surface area contributed by atoms with Crippen LogP contribution < -0.4 is 4.57 Å². The van der Waals surface area contributed by atoms with E-state index in [4.69, 9.17) is 0 Å². The first-order chi connectivity index (χ1) is 10.7. The predicted octanol–water partition coefficient (Wildman–Crippen LogP) is 2.55. The fourth-order valence-electron chi connectivity index (χ4n) is 3.71. The van der Waals surface area contributed by atoms with Gasteiger partial charge in [0.2, 0.25) is 0 Å². The summed E-state index contributed by atoms with van der Waals surface area (Å²) < 4.78 is 4.33. The van der Waals surface area contributed by atoms with Crippen molar-refractivity contribution in [1.29, 1.82) is 0 Å². The summed E-state index contributed by atoms with van der Waals surface area (Å²) in [6.45, 7) is 2.80. The van der Waals surface area contributed by atoms with Crippen LogP contribution in [0.5, 0.6) is 0 Å². The van der Waals surface area contributed by atoms with Crippen molar-refractivity contribution >= 4 is 16.7 Å². The molecule has 1 atom stereocenters. The Labute approximate surface area is 129 Å². The molecule has 0 aliphatic heterocycles. The van der Waals surface area contributed by atoms with Gasteiger partial charge >= 0.3 is 0 Å². The van der Waals surface area contributed by atoms with Gasteiger partial charge in [0.05, 0.1) is 5.92 Å². The molecule has 0 saturated heterocycles. The quantitative estimate of drug-likeness (QED) is 0.725. The van der Waals surface area contributed by atoms with Gasteiger partial charge in [-0.15, -0.1) is 0 Å². The molecule has 1 aromatic carbocycles. The van der Waals surface area contributed by atoms with Gasteiger partial charge in [-0.1, -0.05) is 18.2 Å². The highest BCUT2D eigenvalue weighted by atomic mass is 16.1. The Morgan fingerprint density at radius 2 is 2.18 bits per heavy atom. The van der Waals surface area contributed by atoms with Crippen LogP contribution in [0, 0.1) is 12.8 Å². The van der Waals surface area contributed by atoms with Crippen molar-refractivity contribution in [1.82, 2.24) is 9.55 Å². The van der Waals surface area contributed by atoms with E-state index in [1.807, 2.05) is 31.5 Å². The van der Waals surface area contributed by atoms with Crippen molar-refractivity contribution in [2.45, 2.75) is 26.3 Å². The number of nitrogens with one attached hydrogen (secondary N) is 1. The molecule has 1 aliphatic carbocycles. The molecular weight excluding hydrogens is 274 g/mol. The first-order valence-corrected chi connectivity index (χ1v) is 7.80. The third kappa shape index (κ3) is 1.83. The maximum atomic E-state index is 13.0. The van der Waals surface area contributed by atoms with E-state index in [-0.39, 0.29) is 5.92 Å². The highest BCUT2D eigenvalue weighted by Crippen LogP contribution is 2.33. The third-order valence-electron chi connectivity index (χ3n) is 4.97. The van der Waals surface area contributed by atoms with Crippen LogP contribution in [0.3, 0.4) is 0 Å². The third-order valence-corrected chi connectivity index (χ3v) is 4.97. The van der Waals surface area contributed by atoms with Crippen LogP contribution in [-0.2, 0) is 20.0 Å². The lowest BCUT2D eigenvalue weighted by atomic mass is 9.85. The van der Waals surface area contributed by atoms with E-state index in [0.717, 1.165) is 41.7 Å². The summed E-state index contributed by atoms with van der Waals surface area (Å²) >= 11 is 0. The molecule has 0 fully saturated rings. The zero-order valence-electron chi connectivity index (χ0n) is 13.0. The van der Waals surface area contributed by atoms with E-state index in [0.29, 0.717) is 5.78 Å². The van der Waals surface area contributed by atoms with Gasteiger partial charge in [-0.3, -0.25) is 4.79 Å². The number of fused-ring (bicyclic) bond motifs is 3. The highest BCUT2D eigenvalue weighted by Gasteiger charge is 2.33. The number of carbonyl (C=O) groups is 1. The number of aryl methyl sites for hydroxylation is 2. The SMILES string of the molecule is Cc1[nH]cc[n+]1C[C@@H]1CCc2c(c3ccccc3n2C)C1=O. The monoisotopic (exact) mass is 294 g/mol. The molecule has 3 aromatic rings. The van der Waals surface area contributed by atoms with E-state index in [2.05, 4.69) is 33.3 Å². The molecule has 4 nitrogen and oxygen atoms in total. The lowest BCUT2D eigenvalue weighted by molar-refractivity contribution is -0.705. The van der Waals surface area contributed by atoms with Gasteiger partial charge in [0.25, 0.3) is 5.82 Å². The molecule has 2 heterocycles. The number of H-pyrrole nitrogens is 1. The van der Waals surface area contributed by atoms with Crippen LogP contribution in [0.4, 0.5) is 0 Å². The Balaban J connectivity index is 1.77. The number of rotatable bonds is 2. The number of Topliss-reactive ketones (excluding diaryl/α,β-unsaturated/α-hetero) is 1. The van der Waals surface area contributed by atoms with Crippen molar-refractivity contribution in [3.63, 3.8) is 0 Å². The smallest absolute Gasteiger partial charge is 0.251 e. The summed E-state index contributed by atoms with van der Waals surface area (Å²) in [5.41, 5.74) is 3.30. The zero-order valence-corrected chi connectivity index (χ0v) is 13.0. The van der Waals surface area contributed by atoms with Gasteiger partial charge in [-0.05, 0) is 18.9 Å². The molecule has 0 amide bonds. The summed E-state index contributed by atoms with van der Waals surface area (Å²) in [4.78, 5) is 16.2. The second-order valence-electron chi connectivity index (χ2n) is 6.20. The van der Waals surface area contributed by atoms with Crippen molar-refractivity contribution < 1.29 is 9.36 Å². The Kier molecular flexibility index (Phi) is 2.93. The first-order valence-electron chi connectivity index (χ1n) is 7.80. The lowest BCUT2D eigenvalue weighted by Gasteiger charge is -2.21. The Hall–Kier alpha value is -2.36. The van der Waals surface area contributed by atoms with Crippen molar-refractivity contribution in [3.8, 4) is 0 Å². The Bertz CT molecular complexity index is 872. The fraction of sp³-hybridized carbons (Fsp3) is 0.333. The molecule has 0 radical (unpaired) electrons. The number of imidazole rings is 1. The van der Waals surface area contributed by atoms with Crippen LogP contribution >= 0.6 is 0 Å². The largest absolute Gasteiger partial charge is 0.347 e. The predicted molar refractivity (Wildman–Crippen MR) is 84.8 cm³/mol.